The Morgan fingerprint density at radius 1 is 1.50 bits per heavy atom. The fourth-order valence-electron chi connectivity index (χ4n) is 2.05. The lowest BCUT2D eigenvalue weighted by Crippen LogP contribution is -2.12. The zero-order valence-corrected chi connectivity index (χ0v) is 13.1. The SMILES string of the molecule is CC(Cc1sccc1-c1cc(N)c(Cl)cc1[N+](=O)[O-])C(=O)O. The number of thiophene rings is 1. The van der Waals surface area contributed by atoms with Crippen LogP contribution in [0.25, 0.3) is 11.1 Å². The van der Waals surface area contributed by atoms with Crippen LogP contribution in [-0.2, 0) is 11.2 Å². The summed E-state index contributed by atoms with van der Waals surface area (Å²) in [6.45, 7) is 1.59. The first-order valence-corrected chi connectivity index (χ1v) is 7.60. The largest absolute Gasteiger partial charge is 0.481 e. The van der Waals surface area contributed by atoms with Gasteiger partial charge in [0, 0.05) is 16.5 Å². The number of carboxylic acid groups (broad SMARTS) is 1. The van der Waals surface area contributed by atoms with Gasteiger partial charge in [-0.2, -0.15) is 0 Å². The summed E-state index contributed by atoms with van der Waals surface area (Å²) in [5, 5.41) is 22.2. The van der Waals surface area contributed by atoms with E-state index in [0.717, 1.165) is 4.88 Å². The lowest BCUT2D eigenvalue weighted by atomic mass is 9.99. The van der Waals surface area contributed by atoms with Gasteiger partial charge in [0.2, 0.25) is 0 Å². The smallest absolute Gasteiger partial charge is 0.306 e. The molecule has 0 fully saturated rings. The van der Waals surface area contributed by atoms with Crippen LogP contribution in [0.5, 0.6) is 0 Å². The Balaban J connectivity index is 2.53. The van der Waals surface area contributed by atoms with Crippen molar-refractivity contribution in [2.75, 3.05) is 5.73 Å². The molecule has 1 unspecified atom stereocenters. The van der Waals surface area contributed by atoms with Crippen LogP contribution in [0.15, 0.2) is 23.6 Å². The number of nitro groups is 1. The van der Waals surface area contributed by atoms with Gasteiger partial charge in [0.05, 0.1) is 27.1 Å². The van der Waals surface area contributed by atoms with Gasteiger partial charge in [0.15, 0.2) is 0 Å². The molecule has 1 atom stereocenters. The summed E-state index contributed by atoms with van der Waals surface area (Å²) in [7, 11) is 0. The van der Waals surface area contributed by atoms with E-state index in [4.69, 9.17) is 22.4 Å². The topological polar surface area (TPSA) is 106 Å². The molecule has 0 spiro atoms. The molecule has 0 amide bonds. The van der Waals surface area contributed by atoms with E-state index in [0.29, 0.717) is 17.5 Å². The number of nitrogens with two attached hydrogens (primary N) is 1. The summed E-state index contributed by atoms with van der Waals surface area (Å²) in [6.07, 6.45) is 0.294. The number of halogens is 1. The van der Waals surface area contributed by atoms with Crippen LogP contribution in [0, 0.1) is 16.0 Å². The van der Waals surface area contributed by atoms with Crippen molar-refractivity contribution in [2.24, 2.45) is 5.92 Å². The maximum absolute atomic E-state index is 11.2. The van der Waals surface area contributed by atoms with Gasteiger partial charge >= 0.3 is 5.97 Å². The molecule has 0 saturated heterocycles. The molecule has 0 aliphatic carbocycles. The fraction of sp³-hybridized carbons (Fsp3) is 0.214. The van der Waals surface area contributed by atoms with Crippen molar-refractivity contribution in [1.29, 1.82) is 0 Å². The first-order chi connectivity index (χ1) is 10.3. The summed E-state index contributed by atoms with van der Waals surface area (Å²) in [4.78, 5) is 22.5. The zero-order valence-electron chi connectivity index (χ0n) is 11.6. The Bertz CT molecular complexity index is 744. The van der Waals surface area contributed by atoms with Gasteiger partial charge in [-0.25, -0.2) is 0 Å². The first kappa shape index (κ1) is 16.3. The van der Waals surface area contributed by atoms with Gasteiger partial charge < -0.3 is 10.8 Å². The Morgan fingerprint density at radius 2 is 2.18 bits per heavy atom. The second-order valence-corrected chi connectivity index (χ2v) is 6.26. The van der Waals surface area contributed by atoms with Crippen molar-refractivity contribution in [3.63, 3.8) is 0 Å². The predicted molar refractivity (Wildman–Crippen MR) is 86.3 cm³/mol. The van der Waals surface area contributed by atoms with Crippen molar-refractivity contribution in [3.05, 3.63) is 43.6 Å². The van der Waals surface area contributed by atoms with Crippen LogP contribution >= 0.6 is 22.9 Å². The van der Waals surface area contributed by atoms with Crippen molar-refractivity contribution in [1.82, 2.24) is 0 Å². The molecular formula is C14H13ClN2O4S. The number of hydrogen-bond acceptors (Lipinski definition) is 5. The molecule has 0 bridgehead atoms. The van der Waals surface area contributed by atoms with Gasteiger partial charge in [-0.05, 0) is 23.9 Å². The van der Waals surface area contributed by atoms with Crippen LogP contribution in [-0.4, -0.2) is 16.0 Å². The molecule has 1 heterocycles. The molecule has 0 aliphatic heterocycles. The highest BCUT2D eigenvalue weighted by atomic mass is 35.5. The van der Waals surface area contributed by atoms with Crippen molar-refractivity contribution in [2.45, 2.75) is 13.3 Å². The lowest BCUT2D eigenvalue weighted by molar-refractivity contribution is -0.384. The minimum atomic E-state index is -0.913. The summed E-state index contributed by atoms with van der Waals surface area (Å²) >= 11 is 7.21. The van der Waals surface area contributed by atoms with E-state index in [1.54, 1.807) is 18.4 Å². The van der Waals surface area contributed by atoms with Gasteiger partial charge in [0.1, 0.15) is 0 Å². The highest BCUT2D eigenvalue weighted by Gasteiger charge is 2.22. The number of nitro benzene ring substituents is 1. The van der Waals surface area contributed by atoms with Gasteiger partial charge in [-0.3, -0.25) is 14.9 Å². The Hall–Kier alpha value is -2.12. The van der Waals surface area contributed by atoms with Crippen LogP contribution in [0.2, 0.25) is 5.02 Å². The zero-order chi connectivity index (χ0) is 16.4. The van der Waals surface area contributed by atoms with E-state index in [1.165, 1.54) is 23.5 Å². The third-order valence-electron chi connectivity index (χ3n) is 3.26. The number of nitrogen functional groups attached to an aromatic ring is 1. The average molecular weight is 341 g/mol. The van der Waals surface area contributed by atoms with Crippen LogP contribution < -0.4 is 5.73 Å². The number of anilines is 1. The number of nitrogens with zero attached hydrogens (tertiary/aromatic N) is 1. The average Bonchev–Trinajstić information content (AvgIpc) is 2.88. The minimum Gasteiger partial charge on any atom is -0.481 e. The molecule has 2 aromatic rings. The normalized spacial score (nSPS) is 12.1. The lowest BCUT2D eigenvalue weighted by Gasteiger charge is -2.09. The molecule has 1 aromatic heterocycles. The fourth-order valence-corrected chi connectivity index (χ4v) is 3.23. The minimum absolute atomic E-state index is 0.117. The van der Waals surface area contributed by atoms with E-state index in [9.17, 15) is 14.9 Å². The molecule has 0 saturated carbocycles. The molecule has 8 heteroatoms. The number of hydrogen-bond donors (Lipinski definition) is 2. The molecule has 0 aliphatic rings. The molecule has 3 N–H and O–H groups in total. The second-order valence-electron chi connectivity index (χ2n) is 4.85. The maximum Gasteiger partial charge on any atom is 0.306 e. The molecule has 22 heavy (non-hydrogen) atoms. The highest BCUT2D eigenvalue weighted by molar-refractivity contribution is 7.10. The number of carbonyl (C=O) groups is 1. The second kappa shape index (κ2) is 6.33. The van der Waals surface area contributed by atoms with Gasteiger partial charge in [-0.1, -0.05) is 18.5 Å². The quantitative estimate of drug-likeness (QED) is 0.488. The Morgan fingerprint density at radius 3 is 2.77 bits per heavy atom. The predicted octanol–water partition coefficient (Wildman–Crippen LogP) is 3.82. The monoisotopic (exact) mass is 340 g/mol. The Labute approximate surface area is 135 Å². The number of aliphatic carboxylic acids is 1. The van der Waals surface area contributed by atoms with Crippen LogP contribution in [0.3, 0.4) is 0 Å². The van der Waals surface area contributed by atoms with Crippen LogP contribution in [0.1, 0.15) is 11.8 Å². The molecule has 2 rings (SSSR count). The first-order valence-electron chi connectivity index (χ1n) is 6.34. The van der Waals surface area contributed by atoms with E-state index in [1.807, 2.05) is 0 Å². The van der Waals surface area contributed by atoms with Crippen molar-refractivity contribution in [3.8, 4) is 11.1 Å². The standard InChI is InChI=1S/C14H13ClN2O4S/c1-7(14(18)19)4-13-8(2-3-22-13)9-5-11(16)10(15)6-12(9)17(20)21/h2-3,5-7H,4,16H2,1H3,(H,18,19). The molecular weight excluding hydrogens is 328 g/mol. The third-order valence-corrected chi connectivity index (χ3v) is 4.53. The van der Waals surface area contributed by atoms with Crippen molar-refractivity contribution < 1.29 is 14.8 Å². The van der Waals surface area contributed by atoms with E-state index in [-0.39, 0.29) is 16.4 Å². The van der Waals surface area contributed by atoms with Gasteiger partial charge in [0.25, 0.3) is 5.69 Å². The number of benzene rings is 1. The highest BCUT2D eigenvalue weighted by Crippen LogP contribution is 2.39. The molecule has 6 nitrogen and oxygen atoms in total. The van der Waals surface area contributed by atoms with E-state index in [2.05, 4.69) is 0 Å². The van der Waals surface area contributed by atoms with Gasteiger partial charge in [-0.15, -0.1) is 11.3 Å². The summed E-state index contributed by atoms with van der Waals surface area (Å²) in [5.74, 6) is -1.49. The van der Waals surface area contributed by atoms with E-state index < -0.39 is 16.8 Å². The molecule has 116 valence electrons. The Kier molecular flexibility index (Phi) is 4.68. The van der Waals surface area contributed by atoms with E-state index >= 15 is 0 Å². The summed E-state index contributed by atoms with van der Waals surface area (Å²) in [6, 6.07) is 4.40. The maximum atomic E-state index is 11.2. The number of carboxylic acids is 1. The third kappa shape index (κ3) is 3.20. The summed E-state index contributed by atoms with van der Waals surface area (Å²) in [5.41, 5.74) is 6.81. The number of rotatable bonds is 5. The summed E-state index contributed by atoms with van der Waals surface area (Å²) < 4.78 is 0. The van der Waals surface area contributed by atoms with Crippen molar-refractivity contribution >= 4 is 40.3 Å². The van der Waals surface area contributed by atoms with Crippen LogP contribution in [0.4, 0.5) is 11.4 Å². The molecule has 0 radical (unpaired) electrons. The molecule has 1 aromatic carbocycles.